The third kappa shape index (κ3) is 4.03. The number of piperazine rings is 1. The summed E-state index contributed by atoms with van der Waals surface area (Å²) in [5.74, 6) is -0.177. The van der Waals surface area contributed by atoms with Crippen molar-refractivity contribution in [1.82, 2.24) is 9.80 Å². The van der Waals surface area contributed by atoms with Crippen LogP contribution in [0.15, 0.2) is 24.3 Å². The Kier molecular flexibility index (Phi) is 5.02. The highest BCUT2D eigenvalue weighted by Crippen LogP contribution is 2.13. The van der Waals surface area contributed by atoms with Gasteiger partial charge in [-0.3, -0.25) is 9.69 Å². The smallest absolute Gasteiger partial charge is 0.237 e. The van der Waals surface area contributed by atoms with Gasteiger partial charge < -0.3 is 14.4 Å². The van der Waals surface area contributed by atoms with Gasteiger partial charge in [0.25, 0.3) is 0 Å². The summed E-state index contributed by atoms with van der Waals surface area (Å²) in [6.07, 6.45) is 0.664. The van der Waals surface area contributed by atoms with Crippen LogP contribution in [0.5, 0.6) is 0 Å². The normalized spacial score (nSPS) is 20.8. The zero-order chi connectivity index (χ0) is 15.4. The average molecular weight is 308 g/mol. The molecule has 120 valence electrons. The van der Waals surface area contributed by atoms with Crippen molar-refractivity contribution in [2.75, 3.05) is 39.4 Å². The van der Waals surface area contributed by atoms with Crippen LogP contribution in [0.25, 0.3) is 0 Å². The molecule has 0 spiro atoms. The van der Waals surface area contributed by atoms with Crippen molar-refractivity contribution in [2.24, 2.45) is 0 Å². The van der Waals surface area contributed by atoms with Crippen LogP contribution in [0.1, 0.15) is 12.0 Å². The second kappa shape index (κ2) is 7.17. The standard InChI is InChI=1S/C16H21FN2O3/c17-14-3-1-2-13(10-14)11-19-7-6-18(12-15(19)20)5-4-16-21-8-9-22-16/h1-3,10,16H,4-9,11-12H2. The topological polar surface area (TPSA) is 42.0 Å². The number of rotatable bonds is 5. The number of nitrogens with zero attached hydrogens (tertiary/aromatic N) is 2. The number of halogens is 1. The molecule has 0 unspecified atom stereocenters. The first-order valence-electron chi connectivity index (χ1n) is 7.68. The van der Waals surface area contributed by atoms with Crippen molar-refractivity contribution in [3.05, 3.63) is 35.6 Å². The number of amides is 1. The Labute approximate surface area is 129 Å². The summed E-state index contributed by atoms with van der Waals surface area (Å²) in [5.41, 5.74) is 0.828. The van der Waals surface area contributed by atoms with Crippen molar-refractivity contribution >= 4 is 5.91 Å². The third-order valence-electron chi connectivity index (χ3n) is 4.03. The summed E-state index contributed by atoms with van der Waals surface area (Å²) in [6, 6.07) is 6.41. The molecule has 2 aliphatic rings. The second-order valence-electron chi connectivity index (χ2n) is 5.68. The van der Waals surface area contributed by atoms with Crippen molar-refractivity contribution in [3.63, 3.8) is 0 Å². The molecule has 2 heterocycles. The van der Waals surface area contributed by atoms with E-state index < -0.39 is 0 Å². The van der Waals surface area contributed by atoms with Gasteiger partial charge in [-0.2, -0.15) is 0 Å². The van der Waals surface area contributed by atoms with Crippen LogP contribution in [0.2, 0.25) is 0 Å². The Hall–Kier alpha value is -1.50. The maximum atomic E-state index is 13.2. The molecule has 0 radical (unpaired) electrons. The highest BCUT2D eigenvalue weighted by atomic mass is 19.1. The molecule has 2 saturated heterocycles. The lowest BCUT2D eigenvalue weighted by Gasteiger charge is -2.34. The molecule has 0 N–H and O–H groups in total. The number of ether oxygens (including phenoxy) is 2. The van der Waals surface area contributed by atoms with E-state index in [2.05, 4.69) is 4.90 Å². The van der Waals surface area contributed by atoms with Gasteiger partial charge in [0.2, 0.25) is 5.91 Å². The fourth-order valence-electron chi connectivity index (χ4n) is 2.83. The van der Waals surface area contributed by atoms with Crippen LogP contribution < -0.4 is 0 Å². The Morgan fingerprint density at radius 1 is 1.23 bits per heavy atom. The Morgan fingerprint density at radius 2 is 2.05 bits per heavy atom. The summed E-state index contributed by atoms with van der Waals surface area (Å²) in [5, 5.41) is 0. The van der Waals surface area contributed by atoms with E-state index in [-0.39, 0.29) is 18.0 Å². The van der Waals surface area contributed by atoms with Crippen LogP contribution in [0, 0.1) is 5.82 Å². The first-order chi connectivity index (χ1) is 10.7. The molecule has 0 bridgehead atoms. The van der Waals surface area contributed by atoms with Gasteiger partial charge in [-0.25, -0.2) is 4.39 Å². The van der Waals surface area contributed by atoms with Gasteiger partial charge in [-0.15, -0.1) is 0 Å². The molecule has 0 aliphatic carbocycles. The molecule has 2 aliphatic heterocycles. The molecule has 0 atom stereocenters. The zero-order valence-electron chi connectivity index (χ0n) is 12.5. The minimum absolute atomic E-state index is 0.0868. The number of carbonyl (C=O) groups is 1. The summed E-state index contributed by atoms with van der Waals surface area (Å²) in [7, 11) is 0. The van der Waals surface area contributed by atoms with Crippen molar-refractivity contribution < 1.29 is 18.7 Å². The summed E-state index contributed by atoms with van der Waals surface area (Å²) < 4.78 is 24.0. The lowest BCUT2D eigenvalue weighted by molar-refractivity contribution is -0.137. The first-order valence-corrected chi connectivity index (χ1v) is 7.68. The molecule has 5 nitrogen and oxygen atoms in total. The number of hydrogen-bond donors (Lipinski definition) is 0. The Bertz CT molecular complexity index is 520. The molecular formula is C16H21FN2O3. The number of carbonyl (C=O) groups excluding carboxylic acids is 1. The lowest BCUT2D eigenvalue weighted by atomic mass is 10.2. The molecule has 2 fully saturated rings. The maximum Gasteiger partial charge on any atom is 0.237 e. The van der Waals surface area contributed by atoms with E-state index >= 15 is 0 Å². The van der Waals surface area contributed by atoms with Gasteiger partial charge in [0.15, 0.2) is 6.29 Å². The highest BCUT2D eigenvalue weighted by molar-refractivity contribution is 5.79. The van der Waals surface area contributed by atoms with Crippen LogP contribution in [-0.2, 0) is 20.8 Å². The van der Waals surface area contributed by atoms with E-state index in [9.17, 15) is 9.18 Å². The van der Waals surface area contributed by atoms with E-state index in [1.165, 1.54) is 12.1 Å². The fraction of sp³-hybridized carbons (Fsp3) is 0.562. The maximum absolute atomic E-state index is 13.2. The van der Waals surface area contributed by atoms with Crippen LogP contribution in [-0.4, -0.2) is 61.4 Å². The van der Waals surface area contributed by atoms with Gasteiger partial charge in [-0.05, 0) is 17.7 Å². The quantitative estimate of drug-likeness (QED) is 0.820. The van der Waals surface area contributed by atoms with Crippen LogP contribution >= 0.6 is 0 Å². The molecule has 0 aromatic heterocycles. The molecule has 1 aromatic carbocycles. The number of benzene rings is 1. The molecule has 1 amide bonds. The SMILES string of the molecule is O=C1CN(CCC2OCCO2)CCN1Cc1cccc(F)c1. The van der Waals surface area contributed by atoms with Crippen LogP contribution in [0.4, 0.5) is 4.39 Å². The molecule has 22 heavy (non-hydrogen) atoms. The highest BCUT2D eigenvalue weighted by Gasteiger charge is 2.25. The van der Waals surface area contributed by atoms with Gasteiger partial charge in [0, 0.05) is 32.6 Å². The molecule has 1 aromatic rings. The van der Waals surface area contributed by atoms with Crippen LogP contribution in [0.3, 0.4) is 0 Å². The molecule has 3 rings (SSSR count). The second-order valence-corrected chi connectivity index (χ2v) is 5.68. The van der Waals surface area contributed by atoms with Gasteiger partial charge in [-0.1, -0.05) is 12.1 Å². The van der Waals surface area contributed by atoms with Gasteiger partial charge in [0.05, 0.1) is 19.8 Å². The lowest BCUT2D eigenvalue weighted by Crippen LogP contribution is -2.50. The van der Waals surface area contributed by atoms with E-state index in [1.54, 1.807) is 11.0 Å². The number of hydrogen-bond acceptors (Lipinski definition) is 4. The zero-order valence-corrected chi connectivity index (χ0v) is 12.5. The predicted octanol–water partition coefficient (Wildman–Crippen LogP) is 1.23. The minimum Gasteiger partial charge on any atom is -0.350 e. The molecule has 6 heteroatoms. The van der Waals surface area contributed by atoms with Gasteiger partial charge in [0.1, 0.15) is 5.82 Å². The van der Waals surface area contributed by atoms with E-state index in [0.717, 1.165) is 25.1 Å². The summed E-state index contributed by atoms with van der Waals surface area (Å²) >= 11 is 0. The van der Waals surface area contributed by atoms with Crippen molar-refractivity contribution in [1.29, 1.82) is 0 Å². The van der Waals surface area contributed by atoms with E-state index in [4.69, 9.17) is 9.47 Å². The predicted molar refractivity (Wildman–Crippen MR) is 78.6 cm³/mol. The van der Waals surface area contributed by atoms with Gasteiger partial charge >= 0.3 is 0 Å². The first kappa shape index (κ1) is 15.4. The molecule has 0 saturated carbocycles. The Balaban J connectivity index is 1.46. The van der Waals surface area contributed by atoms with E-state index in [1.807, 2.05) is 6.07 Å². The fourth-order valence-corrected chi connectivity index (χ4v) is 2.83. The summed E-state index contributed by atoms with van der Waals surface area (Å²) in [4.78, 5) is 16.1. The molecular weight excluding hydrogens is 287 g/mol. The van der Waals surface area contributed by atoms with E-state index in [0.29, 0.717) is 32.8 Å². The minimum atomic E-state index is -0.264. The summed E-state index contributed by atoms with van der Waals surface area (Å²) in [6.45, 7) is 4.48. The Morgan fingerprint density at radius 3 is 2.77 bits per heavy atom. The third-order valence-corrected chi connectivity index (χ3v) is 4.03. The van der Waals surface area contributed by atoms with Crippen molar-refractivity contribution in [2.45, 2.75) is 19.3 Å². The monoisotopic (exact) mass is 308 g/mol. The average Bonchev–Trinajstić information content (AvgIpc) is 3.01. The largest absolute Gasteiger partial charge is 0.350 e. The van der Waals surface area contributed by atoms with Crippen molar-refractivity contribution in [3.8, 4) is 0 Å².